The summed E-state index contributed by atoms with van der Waals surface area (Å²) in [7, 11) is 0.835. The first-order valence-electron chi connectivity index (χ1n) is 25.4. The summed E-state index contributed by atoms with van der Waals surface area (Å²) in [5.74, 6) is -3.30. The van der Waals surface area contributed by atoms with E-state index in [-0.39, 0.29) is 55.5 Å². The molecule has 72 heavy (non-hydrogen) atoms. The van der Waals surface area contributed by atoms with Crippen molar-refractivity contribution in [2.75, 3.05) is 26.7 Å². The van der Waals surface area contributed by atoms with Crippen LogP contribution in [-0.4, -0.2) is 96.8 Å². The predicted molar refractivity (Wildman–Crippen MR) is 278 cm³/mol. The normalized spacial score (nSPS) is 25.2. The van der Waals surface area contributed by atoms with Gasteiger partial charge in [0.1, 0.15) is 30.2 Å². The van der Waals surface area contributed by atoms with Crippen LogP contribution < -0.4 is 26.8 Å². The van der Waals surface area contributed by atoms with E-state index in [1.165, 1.54) is 18.0 Å². The molecule has 2 aliphatic heterocycles. The van der Waals surface area contributed by atoms with Gasteiger partial charge in [-0.05, 0) is 122 Å². The SMILES string of the molecule is C[C@H](NC(=O)[C@@H]1Cc2ccc(O)c(c2)-c2cc(ccc2OCCN)[C@H](N(C)C(=O)[C@H](CCCCN)CC(=O)c2ccc(-c3ccc(Cl)cc3)cc2)C(=O)C[C@@H](C)C(=O)N1)B1O[C@@H]2C[C@@H]3C[C@@H](C3(C)C)[C@]2(C)O1. The van der Waals surface area contributed by atoms with E-state index >= 15 is 0 Å². The van der Waals surface area contributed by atoms with Gasteiger partial charge in [-0.15, -0.1) is 0 Å². The van der Waals surface area contributed by atoms with Crippen molar-refractivity contribution in [3.05, 3.63) is 107 Å². The van der Waals surface area contributed by atoms with Gasteiger partial charge in [-0.25, -0.2) is 0 Å². The standard InChI is InChI=1S/C56H69BClN5O9/c1-32-25-47(66)51(63(6)54(69)39(9-7-8-22-59)29-46(65)37-13-11-35(12-14-37)36-15-18-41(58)19-16-36)38-17-21-48(70-24-23-60)43(28-38)42-26-34(10-20-45(42)64)27-44(62-52(32)67)53(68)61-33(2)57-71-50-31-40-30-49(55(40,3)4)56(50,5)72-57/h10-21,26,28,32-33,39-40,44,49-51,64H,7-9,22-25,27,29-31,59-60H2,1-6H3,(H,61,68)(H,62,67)/t32-,33+,39-,40+,44+,49+,50-,51+,56+/m1/s1. The quantitative estimate of drug-likeness (QED) is 0.0418. The molecule has 9 atom stereocenters. The van der Waals surface area contributed by atoms with E-state index < -0.39 is 66.1 Å². The van der Waals surface area contributed by atoms with Crippen molar-refractivity contribution < 1.29 is 43.1 Å². The van der Waals surface area contributed by atoms with Gasteiger partial charge in [-0.3, -0.25) is 24.0 Å². The highest BCUT2D eigenvalue weighted by Crippen LogP contribution is 2.65. The lowest BCUT2D eigenvalue weighted by atomic mass is 9.43. The fourth-order valence-electron chi connectivity index (χ4n) is 11.6. The molecule has 4 aromatic rings. The number of rotatable bonds is 16. The molecule has 6 bridgehead atoms. The summed E-state index contributed by atoms with van der Waals surface area (Å²) in [6, 6.07) is 22.3. The number of amides is 3. The zero-order valence-corrected chi connectivity index (χ0v) is 43.0. The van der Waals surface area contributed by atoms with Gasteiger partial charge in [0.05, 0.1) is 17.6 Å². The molecule has 0 unspecified atom stereocenters. The Hall–Kier alpha value is -5.58. The molecule has 1 saturated heterocycles. The second kappa shape index (κ2) is 21.9. The average molecular weight is 1000 g/mol. The van der Waals surface area contributed by atoms with Crippen molar-refractivity contribution in [1.29, 1.82) is 0 Å². The fourth-order valence-corrected chi connectivity index (χ4v) is 11.8. The summed E-state index contributed by atoms with van der Waals surface area (Å²) < 4.78 is 19.3. The Bertz CT molecular complexity index is 2670. The lowest BCUT2D eigenvalue weighted by Crippen LogP contribution is -2.65. The van der Waals surface area contributed by atoms with Gasteiger partial charge in [0.25, 0.3) is 0 Å². The number of fused-ring (bicyclic) bond motifs is 5. The minimum absolute atomic E-state index is 0.0399. The third-order valence-corrected chi connectivity index (χ3v) is 16.3. The molecule has 4 aromatic carbocycles. The highest BCUT2D eigenvalue weighted by atomic mass is 35.5. The van der Waals surface area contributed by atoms with E-state index in [0.29, 0.717) is 76.2 Å². The monoisotopic (exact) mass is 1000 g/mol. The maximum atomic E-state index is 14.9. The zero-order chi connectivity index (χ0) is 51.6. The van der Waals surface area contributed by atoms with E-state index in [1.807, 2.05) is 31.2 Å². The Balaban J connectivity index is 1.08. The summed E-state index contributed by atoms with van der Waals surface area (Å²) >= 11 is 6.10. The van der Waals surface area contributed by atoms with Crippen LogP contribution in [-0.2, 0) is 34.9 Å². The number of ketones is 2. The molecule has 4 fully saturated rings. The minimum Gasteiger partial charge on any atom is -0.507 e. The molecule has 2 heterocycles. The van der Waals surface area contributed by atoms with Crippen LogP contribution >= 0.6 is 11.6 Å². The number of carbonyl (C=O) groups is 5. The number of Topliss-reactive ketones (excluding diaryl/α,β-unsaturated/α-hetero) is 2. The fraction of sp³-hybridized carbons (Fsp3) is 0.482. The van der Waals surface area contributed by atoms with Crippen molar-refractivity contribution in [3.8, 4) is 33.8 Å². The molecule has 382 valence electrons. The lowest BCUT2D eigenvalue weighted by Gasteiger charge is -2.64. The molecule has 9 rings (SSSR count). The Kier molecular flexibility index (Phi) is 16.0. The van der Waals surface area contributed by atoms with Crippen LogP contribution in [0.2, 0.25) is 5.02 Å². The summed E-state index contributed by atoms with van der Waals surface area (Å²) in [4.78, 5) is 73.9. The predicted octanol–water partition coefficient (Wildman–Crippen LogP) is 7.64. The third-order valence-electron chi connectivity index (χ3n) is 16.0. The smallest absolute Gasteiger partial charge is 0.481 e. The Morgan fingerprint density at radius 1 is 0.931 bits per heavy atom. The van der Waals surface area contributed by atoms with Crippen molar-refractivity contribution in [1.82, 2.24) is 15.5 Å². The third kappa shape index (κ3) is 10.9. The number of phenolic OH excluding ortho intramolecular Hbond substituents is 1. The van der Waals surface area contributed by atoms with Crippen LogP contribution in [0.15, 0.2) is 84.9 Å². The van der Waals surface area contributed by atoms with E-state index in [0.717, 1.165) is 24.0 Å². The highest BCUT2D eigenvalue weighted by molar-refractivity contribution is 6.47. The molecule has 3 amide bonds. The number of unbranched alkanes of at least 4 members (excludes halogenated alkanes) is 1. The second-order valence-electron chi connectivity index (χ2n) is 21.3. The van der Waals surface area contributed by atoms with Crippen molar-refractivity contribution >= 4 is 48.0 Å². The molecular formula is C56H69BClN5O9. The molecular weight excluding hydrogens is 933 g/mol. The number of benzene rings is 4. The molecule has 0 radical (unpaired) electrons. The summed E-state index contributed by atoms with van der Waals surface area (Å²) in [6.07, 6.45) is 3.04. The number of likely N-dealkylation sites (N-methyl/N-ethyl adjacent to an activating group) is 1. The van der Waals surface area contributed by atoms with Crippen LogP contribution in [0.3, 0.4) is 0 Å². The van der Waals surface area contributed by atoms with Gasteiger partial charge in [-0.2, -0.15) is 0 Å². The van der Waals surface area contributed by atoms with E-state index in [2.05, 4.69) is 31.4 Å². The average Bonchev–Trinajstić information content (AvgIpc) is 3.73. The summed E-state index contributed by atoms with van der Waals surface area (Å²) in [5, 5.41) is 18.1. The van der Waals surface area contributed by atoms with Crippen LogP contribution in [0.5, 0.6) is 11.5 Å². The number of hydrogen-bond donors (Lipinski definition) is 5. The number of ether oxygens (including phenoxy) is 1. The summed E-state index contributed by atoms with van der Waals surface area (Å²) in [6.45, 7) is 10.9. The molecule has 16 heteroatoms. The zero-order valence-electron chi connectivity index (χ0n) is 42.3. The molecule has 0 aromatic heterocycles. The van der Waals surface area contributed by atoms with Crippen LogP contribution in [0.4, 0.5) is 0 Å². The molecule has 0 spiro atoms. The van der Waals surface area contributed by atoms with E-state index in [4.69, 9.17) is 37.1 Å². The van der Waals surface area contributed by atoms with Crippen molar-refractivity contribution in [3.63, 3.8) is 0 Å². The number of nitrogens with zero attached hydrogens (tertiary/aromatic N) is 1. The maximum Gasteiger partial charge on any atom is 0.481 e. The number of carbonyl (C=O) groups excluding carboxylic acids is 5. The first-order chi connectivity index (χ1) is 34.3. The first kappa shape index (κ1) is 52.7. The molecule has 14 nitrogen and oxygen atoms in total. The topological polar surface area (TPSA) is 213 Å². The van der Waals surface area contributed by atoms with Gasteiger partial charge in [-0.1, -0.05) is 87.3 Å². The Morgan fingerprint density at radius 2 is 1.64 bits per heavy atom. The van der Waals surface area contributed by atoms with Crippen molar-refractivity contribution in [2.24, 2.45) is 40.6 Å². The number of aromatic hydroxyl groups is 1. The minimum atomic E-state index is -1.23. The lowest BCUT2D eigenvalue weighted by molar-refractivity contribution is -0.199. The molecule has 3 saturated carbocycles. The largest absolute Gasteiger partial charge is 0.507 e. The van der Waals surface area contributed by atoms with Crippen LogP contribution in [0.25, 0.3) is 22.3 Å². The van der Waals surface area contributed by atoms with Crippen LogP contribution in [0, 0.1) is 29.1 Å². The molecule has 5 aliphatic rings. The van der Waals surface area contributed by atoms with Gasteiger partial charge >= 0.3 is 7.12 Å². The number of hydrogen-bond acceptors (Lipinski definition) is 11. The number of halogens is 1. The van der Waals surface area contributed by atoms with Gasteiger partial charge < -0.3 is 46.2 Å². The van der Waals surface area contributed by atoms with Crippen molar-refractivity contribution in [2.45, 2.75) is 116 Å². The summed E-state index contributed by atoms with van der Waals surface area (Å²) in [5.41, 5.74) is 15.5. The number of nitrogens with two attached hydrogens (primary N) is 2. The van der Waals surface area contributed by atoms with Crippen LogP contribution in [0.1, 0.15) is 107 Å². The van der Waals surface area contributed by atoms with E-state index in [1.54, 1.807) is 61.5 Å². The number of nitrogens with one attached hydrogen (secondary N) is 2. The molecule has 7 N–H and O–H groups in total. The maximum absolute atomic E-state index is 14.9. The van der Waals surface area contributed by atoms with Gasteiger partial charge in [0.2, 0.25) is 17.7 Å². The van der Waals surface area contributed by atoms with E-state index in [9.17, 15) is 29.1 Å². The Labute approximate surface area is 428 Å². The molecule has 3 aliphatic carbocycles. The number of phenols is 1. The Morgan fingerprint density at radius 3 is 2.32 bits per heavy atom. The second-order valence-corrected chi connectivity index (χ2v) is 21.7. The van der Waals surface area contributed by atoms with Gasteiger partial charge in [0.15, 0.2) is 11.6 Å². The first-order valence-corrected chi connectivity index (χ1v) is 25.8. The van der Waals surface area contributed by atoms with Gasteiger partial charge in [0, 0.05) is 66.4 Å². The highest BCUT2D eigenvalue weighted by Gasteiger charge is 2.68.